The Balaban J connectivity index is 2.27. The van der Waals surface area contributed by atoms with Crippen LogP contribution in [0.2, 0.25) is 0 Å². The van der Waals surface area contributed by atoms with E-state index in [-0.39, 0.29) is 18.6 Å². The molecular formula is C14H20N2O4. The third-order valence-electron chi connectivity index (χ3n) is 2.76. The van der Waals surface area contributed by atoms with Crippen molar-refractivity contribution >= 4 is 12.0 Å². The number of carboxylic acid groups (broad SMARTS) is 1. The highest BCUT2D eigenvalue weighted by Crippen LogP contribution is 2.14. The van der Waals surface area contributed by atoms with Crippen LogP contribution in [0, 0.1) is 0 Å². The molecule has 0 aromatic heterocycles. The number of hydrogen-bond acceptors (Lipinski definition) is 3. The zero-order valence-electron chi connectivity index (χ0n) is 11.5. The van der Waals surface area contributed by atoms with Gasteiger partial charge in [-0.2, -0.15) is 0 Å². The van der Waals surface area contributed by atoms with Crippen LogP contribution >= 0.6 is 0 Å². The van der Waals surface area contributed by atoms with Crippen LogP contribution in [0.1, 0.15) is 24.5 Å². The van der Waals surface area contributed by atoms with Crippen molar-refractivity contribution in [2.75, 3.05) is 20.2 Å². The number of ether oxygens (including phenoxy) is 1. The van der Waals surface area contributed by atoms with E-state index in [9.17, 15) is 9.59 Å². The molecule has 0 heterocycles. The number of benzene rings is 1. The van der Waals surface area contributed by atoms with Crippen LogP contribution in [0.5, 0.6) is 0 Å². The fourth-order valence-corrected chi connectivity index (χ4v) is 1.69. The van der Waals surface area contributed by atoms with Gasteiger partial charge in [-0.3, -0.25) is 4.79 Å². The number of aliphatic carboxylic acids is 1. The van der Waals surface area contributed by atoms with Gasteiger partial charge in [-0.15, -0.1) is 0 Å². The van der Waals surface area contributed by atoms with E-state index in [2.05, 4.69) is 10.6 Å². The summed E-state index contributed by atoms with van der Waals surface area (Å²) in [6, 6.07) is 9.27. The highest BCUT2D eigenvalue weighted by Gasteiger charge is 2.11. The van der Waals surface area contributed by atoms with Crippen LogP contribution in [0.3, 0.4) is 0 Å². The molecule has 0 aliphatic rings. The van der Waals surface area contributed by atoms with E-state index in [0.717, 1.165) is 5.56 Å². The first-order valence-corrected chi connectivity index (χ1v) is 6.44. The van der Waals surface area contributed by atoms with Gasteiger partial charge in [0.1, 0.15) is 0 Å². The fourth-order valence-electron chi connectivity index (χ4n) is 1.69. The normalized spacial score (nSPS) is 11.7. The predicted molar refractivity (Wildman–Crippen MR) is 74.5 cm³/mol. The van der Waals surface area contributed by atoms with Gasteiger partial charge in [0.25, 0.3) is 0 Å². The molecule has 6 nitrogen and oxygen atoms in total. The van der Waals surface area contributed by atoms with Crippen LogP contribution in [0.4, 0.5) is 4.79 Å². The summed E-state index contributed by atoms with van der Waals surface area (Å²) in [6.45, 7) is 0.687. The zero-order chi connectivity index (χ0) is 14.8. The molecule has 0 fully saturated rings. The number of rotatable bonds is 8. The highest BCUT2D eigenvalue weighted by molar-refractivity contribution is 5.74. The first-order chi connectivity index (χ1) is 9.63. The summed E-state index contributed by atoms with van der Waals surface area (Å²) in [5, 5.41) is 13.8. The van der Waals surface area contributed by atoms with Crippen molar-refractivity contribution in [1.29, 1.82) is 0 Å². The quantitative estimate of drug-likeness (QED) is 0.630. The summed E-state index contributed by atoms with van der Waals surface area (Å²) in [5.41, 5.74) is 0.987. The van der Waals surface area contributed by atoms with Gasteiger partial charge >= 0.3 is 12.0 Å². The molecule has 0 radical (unpaired) electrons. The molecule has 0 saturated heterocycles. The van der Waals surface area contributed by atoms with Crippen LogP contribution in [0.25, 0.3) is 0 Å². The summed E-state index contributed by atoms with van der Waals surface area (Å²) in [4.78, 5) is 21.8. The largest absolute Gasteiger partial charge is 0.481 e. The maximum Gasteiger partial charge on any atom is 0.314 e. The number of hydrogen-bond donors (Lipinski definition) is 3. The molecule has 1 rings (SSSR count). The van der Waals surface area contributed by atoms with Crippen molar-refractivity contribution in [3.05, 3.63) is 35.9 Å². The number of carbonyl (C=O) groups is 2. The van der Waals surface area contributed by atoms with Gasteiger partial charge in [0, 0.05) is 26.6 Å². The lowest BCUT2D eigenvalue weighted by atomic mass is 10.1. The number of amides is 2. The highest BCUT2D eigenvalue weighted by atomic mass is 16.5. The van der Waals surface area contributed by atoms with Crippen molar-refractivity contribution in [2.24, 2.45) is 0 Å². The molecule has 110 valence electrons. The van der Waals surface area contributed by atoms with E-state index in [1.54, 1.807) is 7.11 Å². The van der Waals surface area contributed by atoms with E-state index >= 15 is 0 Å². The van der Waals surface area contributed by atoms with Gasteiger partial charge in [0.2, 0.25) is 0 Å². The average Bonchev–Trinajstić information content (AvgIpc) is 2.45. The third-order valence-corrected chi connectivity index (χ3v) is 2.76. The first-order valence-electron chi connectivity index (χ1n) is 6.44. The maximum atomic E-state index is 11.5. The van der Waals surface area contributed by atoms with E-state index in [4.69, 9.17) is 9.84 Å². The van der Waals surface area contributed by atoms with Crippen molar-refractivity contribution in [2.45, 2.75) is 18.9 Å². The number of carbonyl (C=O) groups excluding carboxylic acids is 1. The molecule has 1 aromatic carbocycles. The molecule has 3 N–H and O–H groups in total. The molecule has 0 aliphatic carbocycles. The second-order valence-electron chi connectivity index (χ2n) is 4.27. The van der Waals surface area contributed by atoms with Crippen molar-refractivity contribution in [3.63, 3.8) is 0 Å². The van der Waals surface area contributed by atoms with Crippen molar-refractivity contribution in [1.82, 2.24) is 10.6 Å². The maximum absolute atomic E-state index is 11.5. The Bertz CT molecular complexity index is 422. The van der Waals surface area contributed by atoms with Crippen LogP contribution in [0.15, 0.2) is 30.3 Å². The molecular weight excluding hydrogens is 260 g/mol. The molecule has 0 saturated carbocycles. The Morgan fingerprint density at radius 2 is 1.95 bits per heavy atom. The Labute approximate surface area is 118 Å². The predicted octanol–water partition coefficient (Wildman–Crippen LogP) is 1.54. The molecule has 0 spiro atoms. The SMILES string of the molecule is COC(CNC(=O)NCCCC(=O)O)c1ccccc1. The summed E-state index contributed by atoms with van der Waals surface area (Å²) < 4.78 is 5.32. The second kappa shape index (κ2) is 8.92. The van der Waals surface area contributed by atoms with Gasteiger partial charge in [-0.1, -0.05) is 30.3 Å². The van der Waals surface area contributed by atoms with Gasteiger partial charge < -0.3 is 20.5 Å². The molecule has 20 heavy (non-hydrogen) atoms. The van der Waals surface area contributed by atoms with E-state index in [1.807, 2.05) is 30.3 Å². The topological polar surface area (TPSA) is 87.7 Å². The summed E-state index contributed by atoms with van der Waals surface area (Å²) in [5.74, 6) is -0.865. The molecule has 1 aromatic rings. The lowest BCUT2D eigenvalue weighted by molar-refractivity contribution is -0.137. The minimum atomic E-state index is -0.865. The van der Waals surface area contributed by atoms with Crippen LogP contribution < -0.4 is 10.6 Å². The second-order valence-corrected chi connectivity index (χ2v) is 4.27. The molecule has 2 amide bonds. The minimum Gasteiger partial charge on any atom is -0.481 e. The lowest BCUT2D eigenvalue weighted by Gasteiger charge is -2.16. The number of carboxylic acids is 1. The number of methoxy groups -OCH3 is 1. The molecule has 6 heteroatoms. The van der Waals surface area contributed by atoms with E-state index in [1.165, 1.54) is 0 Å². The zero-order valence-corrected chi connectivity index (χ0v) is 11.5. The molecule has 1 atom stereocenters. The smallest absolute Gasteiger partial charge is 0.314 e. The summed E-state index contributed by atoms with van der Waals surface area (Å²) in [6.07, 6.45) is 0.251. The van der Waals surface area contributed by atoms with Gasteiger partial charge in [-0.25, -0.2) is 4.79 Å². The summed E-state index contributed by atoms with van der Waals surface area (Å²) in [7, 11) is 1.59. The van der Waals surface area contributed by atoms with Gasteiger partial charge in [0.05, 0.1) is 6.10 Å². The molecule has 1 unspecified atom stereocenters. The monoisotopic (exact) mass is 280 g/mol. The van der Waals surface area contributed by atoms with Crippen molar-refractivity contribution in [3.8, 4) is 0 Å². The van der Waals surface area contributed by atoms with Crippen LogP contribution in [-0.2, 0) is 9.53 Å². The van der Waals surface area contributed by atoms with E-state index in [0.29, 0.717) is 19.5 Å². The number of nitrogens with one attached hydrogen (secondary N) is 2. The third kappa shape index (κ3) is 6.19. The van der Waals surface area contributed by atoms with Crippen LogP contribution in [-0.4, -0.2) is 37.3 Å². The average molecular weight is 280 g/mol. The van der Waals surface area contributed by atoms with Gasteiger partial charge in [0.15, 0.2) is 0 Å². The fraction of sp³-hybridized carbons (Fsp3) is 0.429. The molecule has 0 aliphatic heterocycles. The van der Waals surface area contributed by atoms with Crippen molar-refractivity contribution < 1.29 is 19.4 Å². The number of urea groups is 1. The Kier molecular flexibility index (Phi) is 7.13. The standard InChI is InChI=1S/C14H20N2O4/c1-20-12(11-6-3-2-4-7-11)10-16-14(19)15-9-5-8-13(17)18/h2-4,6-7,12H,5,8-10H2,1H3,(H,17,18)(H2,15,16,19). The Morgan fingerprint density at radius 3 is 2.55 bits per heavy atom. The van der Waals surface area contributed by atoms with Gasteiger partial charge in [-0.05, 0) is 12.0 Å². The van der Waals surface area contributed by atoms with E-state index < -0.39 is 5.97 Å². The molecule has 0 bridgehead atoms. The lowest BCUT2D eigenvalue weighted by Crippen LogP contribution is -2.38. The summed E-state index contributed by atoms with van der Waals surface area (Å²) >= 11 is 0. The first kappa shape index (κ1) is 16.0. The Hall–Kier alpha value is -2.08. The Morgan fingerprint density at radius 1 is 1.25 bits per heavy atom. The minimum absolute atomic E-state index is 0.0466.